The summed E-state index contributed by atoms with van der Waals surface area (Å²) in [6, 6.07) is 9.56. The van der Waals surface area contributed by atoms with Gasteiger partial charge in [0.15, 0.2) is 6.10 Å². The highest BCUT2D eigenvalue weighted by atomic mass is 32.1. The van der Waals surface area contributed by atoms with Crippen LogP contribution < -0.4 is 5.32 Å². The minimum Gasteiger partial charge on any atom is -0.479 e. The number of carboxylic acids is 1. The minimum absolute atomic E-state index is 0.0946. The van der Waals surface area contributed by atoms with E-state index in [4.69, 9.17) is 9.84 Å². The first kappa shape index (κ1) is 16.1. The molecule has 1 aromatic heterocycles. The lowest BCUT2D eigenvalue weighted by atomic mass is 10.2. The quantitative estimate of drug-likeness (QED) is 0.849. The van der Waals surface area contributed by atoms with Gasteiger partial charge in [-0.1, -0.05) is 30.3 Å². The van der Waals surface area contributed by atoms with Crippen LogP contribution in [-0.4, -0.2) is 41.7 Å². The fourth-order valence-corrected chi connectivity index (χ4v) is 2.84. The van der Waals surface area contributed by atoms with Gasteiger partial charge in [0.05, 0.1) is 12.2 Å². The van der Waals surface area contributed by atoms with Gasteiger partial charge in [0, 0.05) is 12.7 Å². The molecule has 2 rings (SSSR count). The molecule has 1 amide bonds. The molecular weight excluding hydrogens is 304 g/mol. The molecule has 116 valence electrons. The maximum Gasteiger partial charge on any atom is 0.334 e. The van der Waals surface area contributed by atoms with Crippen molar-refractivity contribution in [3.8, 4) is 10.6 Å². The monoisotopic (exact) mass is 320 g/mol. The number of carbonyl (C=O) groups excluding carboxylic acids is 1. The third-order valence-electron chi connectivity index (χ3n) is 3.03. The van der Waals surface area contributed by atoms with E-state index >= 15 is 0 Å². The van der Waals surface area contributed by atoms with Crippen molar-refractivity contribution in [2.45, 2.75) is 13.0 Å². The van der Waals surface area contributed by atoms with E-state index in [0.717, 1.165) is 10.6 Å². The summed E-state index contributed by atoms with van der Waals surface area (Å²) >= 11 is 1.28. The fraction of sp³-hybridized carbons (Fsp3) is 0.267. The molecule has 2 N–H and O–H groups in total. The van der Waals surface area contributed by atoms with E-state index in [0.29, 0.717) is 10.6 Å². The number of aryl methyl sites for hydroxylation is 1. The average molecular weight is 320 g/mol. The lowest BCUT2D eigenvalue weighted by molar-refractivity contribution is -0.147. The number of methoxy groups -OCH3 is 1. The van der Waals surface area contributed by atoms with Gasteiger partial charge >= 0.3 is 5.97 Å². The summed E-state index contributed by atoms with van der Waals surface area (Å²) in [4.78, 5) is 27.9. The first-order chi connectivity index (χ1) is 10.5. The third-order valence-corrected chi connectivity index (χ3v) is 4.24. The van der Waals surface area contributed by atoms with Crippen LogP contribution in [0.3, 0.4) is 0 Å². The van der Waals surface area contributed by atoms with Gasteiger partial charge in [0.1, 0.15) is 9.88 Å². The Bertz CT molecular complexity index is 669. The van der Waals surface area contributed by atoms with E-state index in [2.05, 4.69) is 10.3 Å². The number of carboxylic acid groups (broad SMARTS) is 1. The molecule has 0 saturated carbocycles. The number of rotatable bonds is 6. The number of hydrogen-bond donors (Lipinski definition) is 2. The number of hydrogen-bond acceptors (Lipinski definition) is 5. The molecule has 22 heavy (non-hydrogen) atoms. The second-order valence-electron chi connectivity index (χ2n) is 4.57. The van der Waals surface area contributed by atoms with Crippen molar-refractivity contribution in [2.24, 2.45) is 0 Å². The van der Waals surface area contributed by atoms with Crippen LogP contribution in [0.5, 0.6) is 0 Å². The lowest BCUT2D eigenvalue weighted by Gasteiger charge is -2.10. The molecule has 1 unspecified atom stereocenters. The summed E-state index contributed by atoms with van der Waals surface area (Å²) in [5.74, 6) is -1.46. The number of thiazole rings is 1. The molecule has 0 fully saturated rings. The molecule has 7 heteroatoms. The van der Waals surface area contributed by atoms with E-state index in [1.54, 1.807) is 6.92 Å². The Hall–Kier alpha value is -2.25. The Morgan fingerprint density at radius 1 is 1.36 bits per heavy atom. The number of aromatic nitrogens is 1. The number of nitrogens with zero attached hydrogens (tertiary/aromatic N) is 1. The predicted octanol–water partition coefficient (Wildman–Crippen LogP) is 1.95. The van der Waals surface area contributed by atoms with Gasteiger partial charge in [-0.2, -0.15) is 0 Å². The molecule has 1 atom stereocenters. The van der Waals surface area contributed by atoms with Crippen molar-refractivity contribution in [1.82, 2.24) is 10.3 Å². The number of carbonyl (C=O) groups is 2. The maximum absolute atomic E-state index is 12.2. The van der Waals surface area contributed by atoms with E-state index in [1.807, 2.05) is 30.3 Å². The molecular formula is C15H16N2O4S. The van der Waals surface area contributed by atoms with Crippen LogP contribution in [0.4, 0.5) is 0 Å². The van der Waals surface area contributed by atoms with Crippen LogP contribution in [0.15, 0.2) is 30.3 Å². The predicted molar refractivity (Wildman–Crippen MR) is 83.1 cm³/mol. The van der Waals surface area contributed by atoms with Crippen LogP contribution in [0.25, 0.3) is 10.6 Å². The first-order valence-electron chi connectivity index (χ1n) is 6.59. The van der Waals surface area contributed by atoms with Gasteiger partial charge in [-0.05, 0) is 6.92 Å². The second-order valence-corrected chi connectivity index (χ2v) is 5.57. The highest BCUT2D eigenvalue weighted by Gasteiger charge is 2.20. The third kappa shape index (κ3) is 3.69. The highest BCUT2D eigenvalue weighted by Crippen LogP contribution is 2.27. The van der Waals surface area contributed by atoms with Gasteiger partial charge in [-0.25, -0.2) is 9.78 Å². The van der Waals surface area contributed by atoms with Crippen molar-refractivity contribution in [3.05, 3.63) is 40.9 Å². The largest absolute Gasteiger partial charge is 0.479 e. The maximum atomic E-state index is 12.2. The number of benzene rings is 1. The van der Waals surface area contributed by atoms with Crippen molar-refractivity contribution in [1.29, 1.82) is 0 Å². The highest BCUT2D eigenvalue weighted by molar-refractivity contribution is 7.17. The molecule has 0 radical (unpaired) electrons. The molecule has 1 aromatic carbocycles. The summed E-state index contributed by atoms with van der Waals surface area (Å²) in [5, 5.41) is 12.2. The Labute approximate surface area is 131 Å². The topological polar surface area (TPSA) is 88.5 Å². The lowest BCUT2D eigenvalue weighted by Crippen LogP contribution is -2.37. The van der Waals surface area contributed by atoms with Crippen LogP contribution in [-0.2, 0) is 9.53 Å². The van der Waals surface area contributed by atoms with E-state index in [1.165, 1.54) is 18.4 Å². The summed E-state index contributed by atoms with van der Waals surface area (Å²) in [5.41, 5.74) is 1.56. The van der Waals surface area contributed by atoms with Gasteiger partial charge in [0.2, 0.25) is 0 Å². The van der Waals surface area contributed by atoms with Crippen LogP contribution >= 0.6 is 11.3 Å². The van der Waals surface area contributed by atoms with Crippen molar-refractivity contribution in [3.63, 3.8) is 0 Å². The Kier molecular flexibility index (Phi) is 5.24. The smallest absolute Gasteiger partial charge is 0.334 e. The van der Waals surface area contributed by atoms with Crippen molar-refractivity contribution >= 4 is 23.2 Å². The van der Waals surface area contributed by atoms with E-state index < -0.39 is 12.1 Å². The molecule has 0 aliphatic rings. The van der Waals surface area contributed by atoms with E-state index in [-0.39, 0.29) is 12.5 Å². The van der Waals surface area contributed by atoms with Gasteiger partial charge in [0.25, 0.3) is 5.91 Å². The van der Waals surface area contributed by atoms with Crippen molar-refractivity contribution in [2.75, 3.05) is 13.7 Å². The number of nitrogens with one attached hydrogen (secondary N) is 1. The second kappa shape index (κ2) is 7.15. The molecule has 1 heterocycles. The van der Waals surface area contributed by atoms with E-state index in [9.17, 15) is 9.59 Å². The molecule has 0 bridgehead atoms. The Morgan fingerprint density at radius 2 is 2.05 bits per heavy atom. The zero-order chi connectivity index (χ0) is 16.1. The summed E-state index contributed by atoms with van der Waals surface area (Å²) in [6.45, 7) is 1.66. The van der Waals surface area contributed by atoms with Crippen LogP contribution in [0.1, 0.15) is 15.4 Å². The van der Waals surface area contributed by atoms with Gasteiger partial charge < -0.3 is 15.2 Å². The number of ether oxygens (including phenoxy) is 1. The summed E-state index contributed by atoms with van der Waals surface area (Å²) in [6.07, 6.45) is -1.06. The van der Waals surface area contributed by atoms with Crippen LogP contribution in [0, 0.1) is 6.92 Å². The molecule has 0 spiro atoms. The van der Waals surface area contributed by atoms with Crippen LogP contribution in [0.2, 0.25) is 0 Å². The standard InChI is InChI=1S/C15H16N2O4S/c1-9-12(13(18)16-8-11(21-2)15(19)20)22-14(17-9)10-6-4-3-5-7-10/h3-7,11H,8H2,1-2H3,(H,16,18)(H,19,20). The average Bonchev–Trinajstić information content (AvgIpc) is 2.90. The number of amides is 1. The molecule has 0 aliphatic carbocycles. The zero-order valence-corrected chi connectivity index (χ0v) is 13.0. The zero-order valence-electron chi connectivity index (χ0n) is 12.2. The van der Waals surface area contributed by atoms with Gasteiger partial charge in [-0.3, -0.25) is 4.79 Å². The van der Waals surface area contributed by atoms with Gasteiger partial charge in [-0.15, -0.1) is 11.3 Å². The SMILES string of the molecule is COC(CNC(=O)c1sc(-c2ccccc2)nc1C)C(=O)O. The molecule has 6 nitrogen and oxygen atoms in total. The fourth-order valence-electron chi connectivity index (χ4n) is 1.85. The Balaban J connectivity index is 2.11. The first-order valence-corrected chi connectivity index (χ1v) is 7.41. The minimum atomic E-state index is -1.12. The molecule has 0 aliphatic heterocycles. The Morgan fingerprint density at radius 3 is 2.64 bits per heavy atom. The molecule has 0 saturated heterocycles. The number of aliphatic carboxylic acids is 1. The molecule has 2 aromatic rings. The summed E-state index contributed by atoms with van der Waals surface area (Å²) < 4.78 is 4.78. The normalized spacial score (nSPS) is 11.9. The van der Waals surface area contributed by atoms with Crippen molar-refractivity contribution < 1.29 is 19.4 Å². The summed E-state index contributed by atoms with van der Waals surface area (Å²) in [7, 11) is 1.29.